The Labute approximate surface area is 107 Å². The van der Waals surface area contributed by atoms with Crippen LogP contribution in [0, 0.1) is 0 Å². The van der Waals surface area contributed by atoms with E-state index in [0.29, 0.717) is 0 Å². The molecule has 0 bridgehead atoms. The fraction of sp³-hybridized carbons (Fsp3) is 0.250. The zero-order valence-corrected chi connectivity index (χ0v) is 11.5. The summed E-state index contributed by atoms with van der Waals surface area (Å²) in [6.07, 6.45) is 0.0610. The molecule has 16 heavy (non-hydrogen) atoms. The third kappa shape index (κ3) is 2.51. The standard InChI is InChI=1S/C12H12BrNOS/c1-8(15-2)12-14-11(7-16-12)9-4-3-5-10(13)6-9/h3-8H,1-2H3. The molecule has 0 aliphatic carbocycles. The van der Waals surface area contributed by atoms with Crippen LogP contribution in [-0.2, 0) is 4.74 Å². The van der Waals surface area contributed by atoms with Gasteiger partial charge in [-0.2, -0.15) is 0 Å². The number of aromatic nitrogens is 1. The zero-order valence-electron chi connectivity index (χ0n) is 9.11. The number of benzene rings is 1. The molecule has 1 atom stereocenters. The predicted molar refractivity (Wildman–Crippen MR) is 70.7 cm³/mol. The molecule has 0 amide bonds. The van der Waals surface area contributed by atoms with Crippen molar-refractivity contribution in [1.29, 1.82) is 0 Å². The quantitative estimate of drug-likeness (QED) is 0.843. The smallest absolute Gasteiger partial charge is 0.122 e. The van der Waals surface area contributed by atoms with Gasteiger partial charge in [0.05, 0.1) is 5.69 Å². The first-order valence-corrected chi connectivity index (χ1v) is 6.62. The number of hydrogen-bond acceptors (Lipinski definition) is 3. The van der Waals surface area contributed by atoms with Crippen molar-refractivity contribution in [3.05, 3.63) is 39.1 Å². The van der Waals surface area contributed by atoms with Crippen LogP contribution in [-0.4, -0.2) is 12.1 Å². The highest BCUT2D eigenvalue weighted by molar-refractivity contribution is 9.10. The van der Waals surface area contributed by atoms with Gasteiger partial charge >= 0.3 is 0 Å². The molecular formula is C12H12BrNOS. The van der Waals surface area contributed by atoms with Gasteiger partial charge < -0.3 is 4.74 Å². The van der Waals surface area contributed by atoms with E-state index >= 15 is 0 Å². The van der Waals surface area contributed by atoms with E-state index < -0.39 is 0 Å². The van der Waals surface area contributed by atoms with Crippen molar-refractivity contribution in [3.63, 3.8) is 0 Å². The monoisotopic (exact) mass is 297 g/mol. The lowest BCUT2D eigenvalue weighted by atomic mass is 10.2. The molecule has 84 valence electrons. The van der Waals surface area contributed by atoms with E-state index in [9.17, 15) is 0 Å². The van der Waals surface area contributed by atoms with Gasteiger partial charge in [0, 0.05) is 22.5 Å². The van der Waals surface area contributed by atoms with Gasteiger partial charge in [0.2, 0.25) is 0 Å². The van der Waals surface area contributed by atoms with Gasteiger partial charge in [-0.25, -0.2) is 4.98 Å². The fourth-order valence-electron chi connectivity index (χ4n) is 1.36. The minimum absolute atomic E-state index is 0.0610. The number of methoxy groups -OCH3 is 1. The number of nitrogens with zero attached hydrogens (tertiary/aromatic N) is 1. The van der Waals surface area contributed by atoms with Gasteiger partial charge in [0.25, 0.3) is 0 Å². The number of ether oxygens (including phenoxy) is 1. The average Bonchev–Trinajstić information content (AvgIpc) is 2.77. The molecule has 2 aromatic rings. The van der Waals surface area contributed by atoms with Crippen molar-refractivity contribution >= 4 is 27.3 Å². The first-order valence-electron chi connectivity index (χ1n) is 4.95. The highest BCUT2D eigenvalue weighted by Crippen LogP contribution is 2.27. The topological polar surface area (TPSA) is 22.1 Å². The van der Waals surface area contributed by atoms with Gasteiger partial charge in [-0.1, -0.05) is 28.1 Å². The normalized spacial score (nSPS) is 12.7. The SMILES string of the molecule is COC(C)c1nc(-c2cccc(Br)c2)cs1. The highest BCUT2D eigenvalue weighted by Gasteiger charge is 2.10. The molecule has 0 aliphatic heterocycles. The molecule has 0 N–H and O–H groups in total. The molecule has 1 heterocycles. The second kappa shape index (κ2) is 5.08. The predicted octanol–water partition coefficient (Wildman–Crippen LogP) is 4.28. The summed E-state index contributed by atoms with van der Waals surface area (Å²) in [6.45, 7) is 2.00. The highest BCUT2D eigenvalue weighted by atomic mass is 79.9. The zero-order chi connectivity index (χ0) is 11.5. The maximum absolute atomic E-state index is 5.25. The van der Waals surface area contributed by atoms with E-state index in [4.69, 9.17) is 4.74 Å². The Kier molecular flexibility index (Phi) is 3.74. The maximum atomic E-state index is 5.25. The average molecular weight is 298 g/mol. The molecule has 0 fully saturated rings. The van der Waals surface area contributed by atoms with Crippen LogP contribution < -0.4 is 0 Å². The summed E-state index contributed by atoms with van der Waals surface area (Å²) in [4.78, 5) is 4.57. The van der Waals surface area contributed by atoms with Crippen molar-refractivity contribution < 1.29 is 4.74 Å². The summed E-state index contributed by atoms with van der Waals surface area (Å²) in [5.74, 6) is 0. The maximum Gasteiger partial charge on any atom is 0.122 e. The van der Waals surface area contributed by atoms with E-state index in [1.165, 1.54) is 0 Å². The van der Waals surface area contributed by atoms with Gasteiger partial charge in [0.15, 0.2) is 0 Å². The Hall–Kier alpha value is -0.710. The van der Waals surface area contributed by atoms with Crippen LogP contribution in [0.25, 0.3) is 11.3 Å². The molecule has 4 heteroatoms. The summed E-state index contributed by atoms with van der Waals surface area (Å²) in [7, 11) is 1.70. The third-order valence-electron chi connectivity index (χ3n) is 2.34. The van der Waals surface area contributed by atoms with Crippen LogP contribution in [0.15, 0.2) is 34.1 Å². The molecule has 0 spiro atoms. The van der Waals surface area contributed by atoms with Crippen molar-refractivity contribution in [2.75, 3.05) is 7.11 Å². The van der Waals surface area contributed by atoms with Crippen LogP contribution in [0.2, 0.25) is 0 Å². The van der Waals surface area contributed by atoms with Crippen molar-refractivity contribution in [2.45, 2.75) is 13.0 Å². The molecule has 2 nitrogen and oxygen atoms in total. The van der Waals surface area contributed by atoms with Crippen molar-refractivity contribution in [2.24, 2.45) is 0 Å². The van der Waals surface area contributed by atoms with E-state index in [-0.39, 0.29) is 6.10 Å². The summed E-state index contributed by atoms with van der Waals surface area (Å²) < 4.78 is 6.32. The lowest BCUT2D eigenvalue weighted by molar-refractivity contribution is 0.119. The lowest BCUT2D eigenvalue weighted by Gasteiger charge is -2.03. The van der Waals surface area contributed by atoms with Crippen LogP contribution in [0.3, 0.4) is 0 Å². The first-order chi connectivity index (χ1) is 7.70. The molecule has 0 saturated carbocycles. The van der Waals surface area contributed by atoms with Gasteiger partial charge in [-0.3, -0.25) is 0 Å². The minimum atomic E-state index is 0.0610. The summed E-state index contributed by atoms with van der Waals surface area (Å²) in [5, 5.41) is 3.07. The molecular weight excluding hydrogens is 286 g/mol. The largest absolute Gasteiger partial charge is 0.375 e. The summed E-state index contributed by atoms with van der Waals surface area (Å²) in [5.41, 5.74) is 2.13. The summed E-state index contributed by atoms with van der Waals surface area (Å²) in [6, 6.07) is 8.14. The number of thiazole rings is 1. The van der Waals surface area contributed by atoms with Crippen molar-refractivity contribution in [1.82, 2.24) is 4.98 Å². The van der Waals surface area contributed by atoms with Crippen LogP contribution in [0.1, 0.15) is 18.0 Å². The van der Waals surface area contributed by atoms with E-state index in [2.05, 4.69) is 38.4 Å². The minimum Gasteiger partial charge on any atom is -0.375 e. The van der Waals surface area contributed by atoms with Gasteiger partial charge in [-0.15, -0.1) is 11.3 Å². The third-order valence-corrected chi connectivity index (χ3v) is 3.84. The van der Waals surface area contributed by atoms with Gasteiger partial charge in [-0.05, 0) is 19.1 Å². The Morgan fingerprint density at radius 3 is 2.94 bits per heavy atom. The fourth-order valence-corrected chi connectivity index (χ4v) is 2.61. The summed E-state index contributed by atoms with van der Waals surface area (Å²) >= 11 is 5.09. The molecule has 0 saturated heterocycles. The lowest BCUT2D eigenvalue weighted by Crippen LogP contribution is -1.94. The molecule has 2 rings (SSSR count). The Morgan fingerprint density at radius 1 is 1.44 bits per heavy atom. The Bertz CT molecular complexity index is 483. The van der Waals surface area contributed by atoms with Crippen LogP contribution in [0.5, 0.6) is 0 Å². The van der Waals surface area contributed by atoms with E-state index in [0.717, 1.165) is 20.7 Å². The van der Waals surface area contributed by atoms with Crippen LogP contribution >= 0.6 is 27.3 Å². The van der Waals surface area contributed by atoms with Gasteiger partial charge in [0.1, 0.15) is 11.1 Å². The number of halogens is 1. The Morgan fingerprint density at radius 2 is 2.25 bits per heavy atom. The molecule has 1 aromatic heterocycles. The molecule has 1 unspecified atom stereocenters. The van der Waals surface area contributed by atoms with Crippen molar-refractivity contribution in [3.8, 4) is 11.3 Å². The number of hydrogen-bond donors (Lipinski definition) is 0. The van der Waals surface area contributed by atoms with Crippen LogP contribution in [0.4, 0.5) is 0 Å². The van der Waals surface area contributed by atoms with E-state index in [1.807, 2.05) is 19.1 Å². The first kappa shape index (κ1) is 11.8. The number of rotatable bonds is 3. The Balaban J connectivity index is 2.31. The molecule has 1 aromatic carbocycles. The second-order valence-electron chi connectivity index (χ2n) is 3.46. The second-order valence-corrected chi connectivity index (χ2v) is 5.26. The molecule has 0 radical (unpaired) electrons. The molecule has 0 aliphatic rings. The van der Waals surface area contributed by atoms with E-state index in [1.54, 1.807) is 18.4 Å².